The van der Waals surface area contributed by atoms with Crippen LogP contribution in [0.5, 0.6) is 0 Å². The smallest absolute Gasteiger partial charge is 0.306 e. The quantitative estimate of drug-likeness (QED) is 0.802. The second kappa shape index (κ2) is 4.86. The van der Waals surface area contributed by atoms with Gasteiger partial charge in [-0.25, -0.2) is 0 Å². The van der Waals surface area contributed by atoms with Crippen molar-refractivity contribution < 1.29 is 9.90 Å². The SMILES string of the molecule is CCCCC(C(=O)O)C1CC2CC1C1CCCC21. The summed E-state index contributed by atoms with van der Waals surface area (Å²) in [5.74, 6) is 3.48. The maximum Gasteiger partial charge on any atom is 0.306 e. The fraction of sp³-hybridized carbons (Fsp3) is 0.938. The lowest BCUT2D eigenvalue weighted by molar-refractivity contribution is -0.145. The van der Waals surface area contributed by atoms with Gasteiger partial charge >= 0.3 is 5.97 Å². The lowest BCUT2D eigenvalue weighted by Gasteiger charge is -2.35. The molecule has 0 aromatic carbocycles. The van der Waals surface area contributed by atoms with Crippen LogP contribution in [-0.2, 0) is 4.79 Å². The minimum atomic E-state index is -0.518. The summed E-state index contributed by atoms with van der Waals surface area (Å²) in [6.45, 7) is 2.16. The van der Waals surface area contributed by atoms with Crippen molar-refractivity contribution >= 4 is 5.97 Å². The predicted molar refractivity (Wildman–Crippen MR) is 71.2 cm³/mol. The molecular weight excluding hydrogens is 224 g/mol. The third-order valence-electron chi connectivity index (χ3n) is 6.18. The Hall–Kier alpha value is -0.530. The molecule has 18 heavy (non-hydrogen) atoms. The van der Waals surface area contributed by atoms with E-state index in [0.29, 0.717) is 5.92 Å². The lowest BCUT2D eigenvalue weighted by Crippen LogP contribution is -2.33. The number of carboxylic acids is 1. The van der Waals surface area contributed by atoms with E-state index in [9.17, 15) is 9.90 Å². The number of hydrogen-bond acceptors (Lipinski definition) is 1. The van der Waals surface area contributed by atoms with Crippen LogP contribution in [0.25, 0.3) is 0 Å². The Kier molecular flexibility index (Phi) is 3.38. The Bertz CT molecular complexity index is 325. The molecule has 2 bridgehead atoms. The maximum absolute atomic E-state index is 11.6. The maximum atomic E-state index is 11.6. The van der Waals surface area contributed by atoms with Crippen LogP contribution in [0, 0.1) is 35.5 Å². The van der Waals surface area contributed by atoms with Crippen molar-refractivity contribution in [2.75, 3.05) is 0 Å². The Labute approximate surface area is 110 Å². The van der Waals surface area contributed by atoms with Gasteiger partial charge in [-0.2, -0.15) is 0 Å². The number of aliphatic carboxylic acids is 1. The molecule has 0 amide bonds. The second-order valence-electron chi connectivity index (χ2n) is 6.90. The van der Waals surface area contributed by atoms with E-state index in [2.05, 4.69) is 6.92 Å². The van der Waals surface area contributed by atoms with Gasteiger partial charge in [0.1, 0.15) is 0 Å². The fourth-order valence-electron chi connectivity index (χ4n) is 5.53. The van der Waals surface area contributed by atoms with Gasteiger partial charge in [-0.05, 0) is 61.7 Å². The molecule has 0 radical (unpaired) electrons. The highest BCUT2D eigenvalue weighted by Gasteiger charge is 2.55. The molecule has 0 aliphatic heterocycles. The van der Waals surface area contributed by atoms with E-state index < -0.39 is 5.97 Å². The van der Waals surface area contributed by atoms with Crippen molar-refractivity contribution in [3.05, 3.63) is 0 Å². The Morgan fingerprint density at radius 2 is 2.00 bits per heavy atom. The molecule has 0 aromatic heterocycles. The van der Waals surface area contributed by atoms with Gasteiger partial charge in [0, 0.05) is 0 Å². The first kappa shape index (κ1) is 12.5. The lowest BCUT2D eigenvalue weighted by atomic mass is 9.70. The summed E-state index contributed by atoms with van der Waals surface area (Å²) in [6.07, 6.45) is 9.94. The third-order valence-corrected chi connectivity index (χ3v) is 6.18. The van der Waals surface area contributed by atoms with E-state index in [-0.39, 0.29) is 5.92 Å². The fourth-order valence-corrected chi connectivity index (χ4v) is 5.53. The van der Waals surface area contributed by atoms with Gasteiger partial charge in [0.05, 0.1) is 5.92 Å². The molecule has 0 spiro atoms. The summed E-state index contributed by atoms with van der Waals surface area (Å²) in [7, 11) is 0. The van der Waals surface area contributed by atoms with E-state index in [1.807, 2.05) is 0 Å². The zero-order valence-corrected chi connectivity index (χ0v) is 11.5. The zero-order chi connectivity index (χ0) is 12.7. The number of carboxylic acid groups (broad SMARTS) is 1. The van der Waals surface area contributed by atoms with Crippen molar-refractivity contribution in [1.29, 1.82) is 0 Å². The molecule has 2 heteroatoms. The topological polar surface area (TPSA) is 37.3 Å². The molecule has 1 N–H and O–H groups in total. The van der Waals surface area contributed by atoms with Gasteiger partial charge in [-0.15, -0.1) is 0 Å². The highest BCUT2D eigenvalue weighted by molar-refractivity contribution is 5.70. The van der Waals surface area contributed by atoms with Crippen LogP contribution in [0.2, 0.25) is 0 Å². The average Bonchev–Trinajstić information content (AvgIpc) is 3.00. The van der Waals surface area contributed by atoms with Crippen LogP contribution in [0.4, 0.5) is 0 Å². The predicted octanol–water partition coefficient (Wildman–Crippen LogP) is 3.95. The van der Waals surface area contributed by atoms with Crippen molar-refractivity contribution in [2.45, 2.75) is 58.3 Å². The van der Waals surface area contributed by atoms with Crippen LogP contribution in [-0.4, -0.2) is 11.1 Å². The molecule has 102 valence electrons. The molecule has 0 aromatic rings. The standard InChI is InChI=1S/C16H26O2/c1-2-3-5-13(16(17)18)15-9-10-8-14(15)12-7-4-6-11(10)12/h10-15H,2-9H2,1H3,(H,17,18). The number of hydrogen-bond donors (Lipinski definition) is 1. The van der Waals surface area contributed by atoms with E-state index in [0.717, 1.165) is 42.9 Å². The summed E-state index contributed by atoms with van der Waals surface area (Å²) in [6, 6.07) is 0. The van der Waals surface area contributed by atoms with Crippen LogP contribution < -0.4 is 0 Å². The molecular formula is C16H26O2. The van der Waals surface area contributed by atoms with E-state index >= 15 is 0 Å². The molecule has 2 nitrogen and oxygen atoms in total. The summed E-state index contributed by atoms with van der Waals surface area (Å²) >= 11 is 0. The van der Waals surface area contributed by atoms with Crippen molar-refractivity contribution in [3.63, 3.8) is 0 Å². The first-order chi connectivity index (χ1) is 8.72. The molecule has 3 rings (SSSR count). The van der Waals surface area contributed by atoms with Crippen LogP contribution in [0.15, 0.2) is 0 Å². The Balaban J connectivity index is 1.71. The molecule has 6 atom stereocenters. The van der Waals surface area contributed by atoms with Crippen molar-refractivity contribution in [2.24, 2.45) is 35.5 Å². The summed E-state index contributed by atoms with van der Waals surface area (Å²) in [5.41, 5.74) is 0. The summed E-state index contributed by atoms with van der Waals surface area (Å²) < 4.78 is 0. The third kappa shape index (κ3) is 1.88. The largest absolute Gasteiger partial charge is 0.481 e. The van der Waals surface area contributed by atoms with Gasteiger partial charge in [0.15, 0.2) is 0 Å². The van der Waals surface area contributed by atoms with Crippen molar-refractivity contribution in [3.8, 4) is 0 Å². The summed E-state index contributed by atoms with van der Waals surface area (Å²) in [4.78, 5) is 11.6. The number of fused-ring (bicyclic) bond motifs is 5. The van der Waals surface area contributed by atoms with Crippen molar-refractivity contribution in [1.82, 2.24) is 0 Å². The van der Waals surface area contributed by atoms with Crippen LogP contribution in [0.3, 0.4) is 0 Å². The monoisotopic (exact) mass is 250 g/mol. The highest BCUT2D eigenvalue weighted by Crippen LogP contribution is 2.62. The first-order valence-electron chi connectivity index (χ1n) is 7.95. The molecule has 3 saturated carbocycles. The first-order valence-corrected chi connectivity index (χ1v) is 7.95. The number of rotatable bonds is 5. The molecule has 0 saturated heterocycles. The van der Waals surface area contributed by atoms with Gasteiger partial charge < -0.3 is 5.11 Å². The summed E-state index contributed by atoms with van der Waals surface area (Å²) in [5, 5.41) is 9.53. The molecule has 0 heterocycles. The Morgan fingerprint density at radius 1 is 1.22 bits per heavy atom. The normalized spacial score (nSPS) is 43.1. The van der Waals surface area contributed by atoms with E-state index in [4.69, 9.17) is 0 Å². The number of carbonyl (C=O) groups is 1. The highest BCUT2D eigenvalue weighted by atomic mass is 16.4. The number of unbranched alkanes of at least 4 members (excludes halogenated alkanes) is 1. The molecule has 3 aliphatic carbocycles. The van der Waals surface area contributed by atoms with Gasteiger partial charge in [-0.3, -0.25) is 4.79 Å². The molecule has 3 fully saturated rings. The molecule has 6 unspecified atom stereocenters. The van der Waals surface area contributed by atoms with E-state index in [1.54, 1.807) is 0 Å². The van der Waals surface area contributed by atoms with Crippen LogP contribution in [0.1, 0.15) is 58.3 Å². The van der Waals surface area contributed by atoms with Crippen LogP contribution >= 0.6 is 0 Å². The zero-order valence-electron chi connectivity index (χ0n) is 11.5. The van der Waals surface area contributed by atoms with Gasteiger partial charge in [0.25, 0.3) is 0 Å². The minimum absolute atomic E-state index is 0.0403. The average molecular weight is 250 g/mol. The van der Waals surface area contributed by atoms with E-state index in [1.165, 1.54) is 32.1 Å². The minimum Gasteiger partial charge on any atom is -0.481 e. The Morgan fingerprint density at radius 3 is 2.72 bits per heavy atom. The molecule has 3 aliphatic rings. The van der Waals surface area contributed by atoms with Gasteiger partial charge in [-0.1, -0.05) is 26.2 Å². The second-order valence-corrected chi connectivity index (χ2v) is 6.90. The van der Waals surface area contributed by atoms with Gasteiger partial charge in [0.2, 0.25) is 0 Å².